The standard InChI is InChI=1S/C22H14BrClN2O2/c23-15-5-3-4-14(12-15)13-20-22(28)26(16-8-10-17(27)11-9-16)21(25-20)18-6-1-2-7-19(18)24/h1-13,27H/b20-13+. The number of halogens is 2. The predicted octanol–water partition coefficient (Wildman–Crippen LogP) is 5.64. The summed E-state index contributed by atoms with van der Waals surface area (Å²) in [4.78, 5) is 19.3. The minimum Gasteiger partial charge on any atom is -0.508 e. The molecule has 4 rings (SSSR count). The molecule has 0 unspecified atom stereocenters. The van der Waals surface area contributed by atoms with Gasteiger partial charge in [-0.3, -0.25) is 9.69 Å². The van der Waals surface area contributed by atoms with Crippen molar-refractivity contribution in [3.05, 3.63) is 99.1 Å². The molecule has 4 nitrogen and oxygen atoms in total. The fourth-order valence-corrected chi connectivity index (χ4v) is 3.57. The van der Waals surface area contributed by atoms with Gasteiger partial charge in [0.25, 0.3) is 5.91 Å². The highest BCUT2D eigenvalue weighted by atomic mass is 79.9. The van der Waals surface area contributed by atoms with Gasteiger partial charge in [0.2, 0.25) is 0 Å². The lowest BCUT2D eigenvalue weighted by Gasteiger charge is -2.19. The second kappa shape index (κ2) is 7.62. The van der Waals surface area contributed by atoms with Gasteiger partial charge in [0.05, 0.1) is 10.7 Å². The number of amidine groups is 1. The number of hydrogen-bond donors (Lipinski definition) is 1. The van der Waals surface area contributed by atoms with E-state index in [1.54, 1.807) is 24.3 Å². The molecular formula is C22H14BrClN2O2. The summed E-state index contributed by atoms with van der Waals surface area (Å²) in [7, 11) is 0. The number of nitrogens with zero attached hydrogens (tertiary/aromatic N) is 2. The van der Waals surface area contributed by atoms with E-state index in [2.05, 4.69) is 20.9 Å². The van der Waals surface area contributed by atoms with Crippen LogP contribution in [-0.4, -0.2) is 16.8 Å². The molecule has 0 aliphatic carbocycles. The van der Waals surface area contributed by atoms with Gasteiger partial charge in [0, 0.05) is 10.0 Å². The van der Waals surface area contributed by atoms with E-state index in [4.69, 9.17) is 11.6 Å². The Labute approximate surface area is 175 Å². The highest BCUT2D eigenvalue weighted by molar-refractivity contribution is 9.10. The molecule has 0 saturated carbocycles. The van der Waals surface area contributed by atoms with E-state index in [0.717, 1.165) is 10.0 Å². The molecule has 28 heavy (non-hydrogen) atoms. The quantitative estimate of drug-likeness (QED) is 0.522. The first-order chi connectivity index (χ1) is 13.5. The molecule has 1 heterocycles. The Kier molecular flexibility index (Phi) is 5.03. The van der Waals surface area contributed by atoms with Gasteiger partial charge in [0.15, 0.2) is 0 Å². The van der Waals surface area contributed by atoms with Crippen LogP contribution in [0.2, 0.25) is 5.02 Å². The molecular weight excluding hydrogens is 440 g/mol. The lowest BCUT2D eigenvalue weighted by atomic mass is 10.1. The van der Waals surface area contributed by atoms with Gasteiger partial charge in [-0.25, -0.2) is 4.99 Å². The van der Waals surface area contributed by atoms with Gasteiger partial charge in [-0.1, -0.05) is 51.8 Å². The third-order valence-corrected chi connectivity index (χ3v) is 5.06. The predicted molar refractivity (Wildman–Crippen MR) is 116 cm³/mol. The molecule has 3 aromatic carbocycles. The van der Waals surface area contributed by atoms with Crippen molar-refractivity contribution in [3.63, 3.8) is 0 Å². The molecule has 1 aliphatic rings. The SMILES string of the molecule is O=C1/C(=C\c2cccc(Br)c2)N=C(c2ccccc2Cl)N1c1ccc(O)cc1. The monoisotopic (exact) mass is 452 g/mol. The van der Waals surface area contributed by atoms with Gasteiger partial charge in [0.1, 0.15) is 17.3 Å². The Morgan fingerprint density at radius 1 is 1.00 bits per heavy atom. The second-order valence-corrected chi connectivity index (χ2v) is 7.48. The van der Waals surface area contributed by atoms with Crippen LogP contribution in [0.1, 0.15) is 11.1 Å². The summed E-state index contributed by atoms with van der Waals surface area (Å²) in [6, 6.07) is 21.3. The molecule has 0 atom stereocenters. The van der Waals surface area contributed by atoms with Crippen LogP contribution in [0.3, 0.4) is 0 Å². The zero-order valence-corrected chi connectivity index (χ0v) is 16.9. The van der Waals surface area contributed by atoms with Crippen LogP contribution in [0.5, 0.6) is 5.75 Å². The number of phenolic OH excluding ortho intramolecular Hbond substituents is 1. The smallest absolute Gasteiger partial charge is 0.282 e. The van der Waals surface area contributed by atoms with E-state index in [9.17, 15) is 9.90 Å². The van der Waals surface area contributed by atoms with Crippen LogP contribution in [0.25, 0.3) is 6.08 Å². The van der Waals surface area contributed by atoms with Crippen molar-refractivity contribution in [2.24, 2.45) is 4.99 Å². The molecule has 6 heteroatoms. The van der Waals surface area contributed by atoms with Gasteiger partial charge in [-0.2, -0.15) is 0 Å². The molecule has 0 fully saturated rings. The summed E-state index contributed by atoms with van der Waals surface area (Å²) >= 11 is 9.81. The molecule has 0 bridgehead atoms. The number of carbonyl (C=O) groups excluding carboxylic acids is 1. The summed E-state index contributed by atoms with van der Waals surface area (Å²) < 4.78 is 0.915. The van der Waals surface area contributed by atoms with Crippen molar-refractivity contribution in [1.29, 1.82) is 0 Å². The number of aromatic hydroxyl groups is 1. The zero-order valence-electron chi connectivity index (χ0n) is 14.5. The Hall–Kier alpha value is -2.89. The fraction of sp³-hybridized carbons (Fsp3) is 0. The Morgan fingerprint density at radius 3 is 2.46 bits per heavy atom. The number of aliphatic imine (C=N–C) groups is 1. The topological polar surface area (TPSA) is 52.9 Å². The van der Waals surface area contributed by atoms with Crippen molar-refractivity contribution in [2.45, 2.75) is 0 Å². The van der Waals surface area contributed by atoms with Crippen LogP contribution < -0.4 is 4.90 Å². The first-order valence-electron chi connectivity index (χ1n) is 8.47. The van der Waals surface area contributed by atoms with E-state index in [-0.39, 0.29) is 11.7 Å². The third-order valence-electron chi connectivity index (χ3n) is 4.24. The van der Waals surface area contributed by atoms with Crippen molar-refractivity contribution in [3.8, 4) is 5.75 Å². The van der Waals surface area contributed by atoms with Gasteiger partial charge < -0.3 is 5.11 Å². The first-order valence-corrected chi connectivity index (χ1v) is 9.64. The molecule has 0 aromatic heterocycles. The minimum absolute atomic E-state index is 0.122. The molecule has 0 spiro atoms. The number of rotatable bonds is 3. The number of benzene rings is 3. The maximum absolute atomic E-state index is 13.2. The van der Waals surface area contributed by atoms with E-state index in [1.807, 2.05) is 42.5 Å². The maximum atomic E-state index is 13.2. The largest absolute Gasteiger partial charge is 0.508 e. The maximum Gasteiger partial charge on any atom is 0.282 e. The number of hydrogen-bond acceptors (Lipinski definition) is 3. The van der Waals surface area contributed by atoms with Crippen molar-refractivity contribution >= 4 is 51.0 Å². The Bertz CT molecular complexity index is 1120. The zero-order chi connectivity index (χ0) is 19.7. The number of carbonyl (C=O) groups is 1. The average Bonchev–Trinajstić information content (AvgIpc) is 2.99. The molecule has 1 amide bonds. The van der Waals surface area contributed by atoms with Crippen LogP contribution >= 0.6 is 27.5 Å². The van der Waals surface area contributed by atoms with E-state index < -0.39 is 0 Å². The van der Waals surface area contributed by atoms with Crippen molar-refractivity contribution in [2.75, 3.05) is 4.90 Å². The van der Waals surface area contributed by atoms with Gasteiger partial charge >= 0.3 is 0 Å². The number of phenols is 1. The van der Waals surface area contributed by atoms with Gasteiger partial charge in [-0.15, -0.1) is 0 Å². The summed E-state index contributed by atoms with van der Waals surface area (Å²) in [6.07, 6.45) is 1.74. The average molecular weight is 454 g/mol. The van der Waals surface area contributed by atoms with Crippen LogP contribution in [0, 0.1) is 0 Å². The fourth-order valence-electron chi connectivity index (χ4n) is 2.94. The Balaban J connectivity index is 1.85. The lowest BCUT2D eigenvalue weighted by Crippen LogP contribution is -2.32. The van der Waals surface area contributed by atoms with Gasteiger partial charge in [-0.05, 0) is 60.2 Å². The molecule has 1 N–H and O–H groups in total. The van der Waals surface area contributed by atoms with Crippen LogP contribution in [0.4, 0.5) is 5.69 Å². The lowest BCUT2D eigenvalue weighted by molar-refractivity contribution is -0.113. The summed E-state index contributed by atoms with van der Waals surface area (Å²) in [5, 5.41) is 10.1. The molecule has 138 valence electrons. The van der Waals surface area contributed by atoms with E-state index in [0.29, 0.717) is 27.8 Å². The van der Waals surface area contributed by atoms with Crippen molar-refractivity contribution in [1.82, 2.24) is 0 Å². The molecule has 3 aromatic rings. The molecule has 1 aliphatic heterocycles. The Morgan fingerprint density at radius 2 is 1.75 bits per heavy atom. The van der Waals surface area contributed by atoms with E-state index >= 15 is 0 Å². The second-order valence-electron chi connectivity index (χ2n) is 6.16. The summed E-state index contributed by atoms with van der Waals surface area (Å²) in [5.41, 5.74) is 2.41. The van der Waals surface area contributed by atoms with Crippen molar-refractivity contribution < 1.29 is 9.90 Å². The van der Waals surface area contributed by atoms with E-state index in [1.165, 1.54) is 17.0 Å². The number of anilines is 1. The number of amides is 1. The van der Waals surface area contributed by atoms with Crippen LogP contribution in [0.15, 0.2) is 88.0 Å². The third kappa shape index (κ3) is 3.59. The summed E-state index contributed by atoms with van der Waals surface area (Å²) in [6.45, 7) is 0. The normalized spacial score (nSPS) is 15.2. The molecule has 0 radical (unpaired) electrons. The minimum atomic E-state index is -0.263. The van der Waals surface area contributed by atoms with Crippen LogP contribution in [-0.2, 0) is 4.79 Å². The summed E-state index contributed by atoms with van der Waals surface area (Å²) in [5.74, 6) is 0.305. The highest BCUT2D eigenvalue weighted by Crippen LogP contribution is 2.31. The molecule has 0 saturated heterocycles. The first kappa shape index (κ1) is 18.5. The highest BCUT2D eigenvalue weighted by Gasteiger charge is 2.33.